The molecule has 0 aromatic heterocycles. The molecule has 0 radical (unpaired) electrons. The molecule has 5 rings (SSSR count). The monoisotopic (exact) mass is 626 g/mol. The van der Waals surface area contributed by atoms with Gasteiger partial charge < -0.3 is 19.9 Å². The highest BCUT2D eigenvalue weighted by molar-refractivity contribution is 7.99. The Morgan fingerprint density at radius 1 is 0.778 bits per heavy atom. The summed E-state index contributed by atoms with van der Waals surface area (Å²) in [6.45, 7) is 0.384. The van der Waals surface area contributed by atoms with Gasteiger partial charge in [-0.05, 0) is 52.4 Å². The molecule has 45 heavy (non-hydrogen) atoms. The zero-order valence-corrected chi connectivity index (χ0v) is 25.7. The molecule has 8 nitrogen and oxygen atoms in total. The number of hydrogen-bond acceptors (Lipinski definition) is 7. The van der Waals surface area contributed by atoms with E-state index in [-0.39, 0.29) is 37.6 Å². The second-order valence-corrected chi connectivity index (χ2v) is 12.1. The third-order valence-corrected chi connectivity index (χ3v) is 8.80. The lowest BCUT2D eigenvalue weighted by molar-refractivity contribution is -0.245. The van der Waals surface area contributed by atoms with Gasteiger partial charge in [-0.15, -0.1) is 11.8 Å². The van der Waals surface area contributed by atoms with Gasteiger partial charge >= 0.3 is 0 Å². The zero-order chi connectivity index (χ0) is 31.4. The molecule has 1 saturated heterocycles. The van der Waals surface area contributed by atoms with Crippen LogP contribution < -0.4 is 10.8 Å². The Hall–Kier alpha value is -3.99. The Balaban J connectivity index is 1.24. The molecule has 234 valence electrons. The average molecular weight is 627 g/mol. The third kappa shape index (κ3) is 9.50. The average Bonchev–Trinajstić information content (AvgIpc) is 3.10. The number of hydrogen-bond donors (Lipinski definition) is 4. The number of thioether (sulfide) groups is 1. The summed E-state index contributed by atoms with van der Waals surface area (Å²) in [4.78, 5) is 24.5. The predicted molar refractivity (Wildman–Crippen MR) is 173 cm³/mol. The van der Waals surface area contributed by atoms with E-state index in [1.807, 2.05) is 78.9 Å². The van der Waals surface area contributed by atoms with Gasteiger partial charge in [0.25, 0.3) is 0 Å². The van der Waals surface area contributed by atoms with Crippen molar-refractivity contribution in [2.75, 3.05) is 5.75 Å². The lowest BCUT2D eigenvalue weighted by Crippen LogP contribution is -2.31. The first-order valence-electron chi connectivity index (χ1n) is 15.1. The van der Waals surface area contributed by atoms with Crippen molar-refractivity contribution in [2.45, 2.75) is 62.2 Å². The van der Waals surface area contributed by atoms with Crippen molar-refractivity contribution >= 4 is 23.6 Å². The van der Waals surface area contributed by atoms with Crippen molar-refractivity contribution in [1.29, 1.82) is 0 Å². The number of amides is 2. The Morgan fingerprint density at radius 3 is 2.24 bits per heavy atom. The van der Waals surface area contributed by atoms with Crippen LogP contribution in [0.4, 0.5) is 0 Å². The first-order chi connectivity index (χ1) is 22.0. The molecule has 2 amide bonds. The number of rotatable bonds is 13. The van der Waals surface area contributed by atoms with Crippen LogP contribution in [0.2, 0.25) is 0 Å². The fraction of sp³-hybridized carbons (Fsp3) is 0.278. The fourth-order valence-corrected chi connectivity index (χ4v) is 6.12. The maximum atomic E-state index is 12.2. The van der Waals surface area contributed by atoms with Crippen molar-refractivity contribution in [1.82, 2.24) is 10.8 Å². The Bertz CT molecular complexity index is 1530. The van der Waals surface area contributed by atoms with Crippen LogP contribution in [0.3, 0.4) is 0 Å². The van der Waals surface area contributed by atoms with E-state index in [0.29, 0.717) is 13.0 Å². The zero-order valence-electron chi connectivity index (χ0n) is 24.9. The maximum Gasteiger partial charge on any atom is 0.243 e. The summed E-state index contributed by atoms with van der Waals surface area (Å²) >= 11 is 1.77. The summed E-state index contributed by atoms with van der Waals surface area (Å²) in [5.41, 5.74) is 7.46. The first kappa shape index (κ1) is 32.4. The molecule has 0 spiro atoms. The van der Waals surface area contributed by atoms with Gasteiger partial charge in [0.2, 0.25) is 11.8 Å². The minimum atomic E-state index is -0.526. The van der Waals surface area contributed by atoms with E-state index in [1.54, 1.807) is 17.2 Å². The van der Waals surface area contributed by atoms with Gasteiger partial charge in [0.15, 0.2) is 6.29 Å². The topological polar surface area (TPSA) is 117 Å². The van der Waals surface area contributed by atoms with Gasteiger partial charge in [-0.25, -0.2) is 5.48 Å². The molecule has 1 aliphatic rings. The molecule has 1 aliphatic heterocycles. The minimum Gasteiger partial charge on any atom is -0.392 e. The van der Waals surface area contributed by atoms with Gasteiger partial charge in [0, 0.05) is 42.0 Å². The van der Waals surface area contributed by atoms with E-state index in [1.165, 1.54) is 4.90 Å². The second-order valence-electron chi connectivity index (χ2n) is 11.0. The van der Waals surface area contributed by atoms with Crippen LogP contribution in [0.15, 0.2) is 108 Å². The van der Waals surface area contributed by atoms with Crippen LogP contribution in [0, 0.1) is 0 Å². The minimum absolute atomic E-state index is 0.00512. The van der Waals surface area contributed by atoms with E-state index in [2.05, 4.69) is 29.6 Å². The van der Waals surface area contributed by atoms with E-state index in [9.17, 15) is 14.7 Å². The largest absolute Gasteiger partial charge is 0.392 e. The molecule has 9 heteroatoms. The molecule has 0 aliphatic carbocycles. The molecule has 0 unspecified atom stereocenters. The van der Waals surface area contributed by atoms with Gasteiger partial charge in [-0.1, -0.05) is 84.9 Å². The number of aliphatic hydroxyl groups excluding tert-OH is 1. The SMILES string of the molecule is O=C(CCCC(=O)NCc1cccc(-c2ccc([C@@H]3O[C@H](CSc4ccccc4)C[C@H](c4ccc(CO)cc4)O3)cc2)c1)NO. The van der Waals surface area contributed by atoms with Crippen LogP contribution in [0.1, 0.15) is 60.3 Å². The van der Waals surface area contributed by atoms with E-state index >= 15 is 0 Å². The number of carbonyl (C=O) groups excluding carboxylic acids is 2. The van der Waals surface area contributed by atoms with E-state index < -0.39 is 12.2 Å². The summed E-state index contributed by atoms with van der Waals surface area (Å²) in [6.07, 6.45) is 0.711. The number of ether oxygens (including phenoxy) is 2. The van der Waals surface area contributed by atoms with Crippen molar-refractivity contribution in [3.63, 3.8) is 0 Å². The Morgan fingerprint density at radius 2 is 1.51 bits per heavy atom. The molecule has 4 aromatic carbocycles. The molecule has 0 saturated carbocycles. The summed E-state index contributed by atoms with van der Waals surface area (Å²) in [5.74, 6) is 0.151. The number of hydroxylamine groups is 1. The van der Waals surface area contributed by atoms with E-state index in [4.69, 9.17) is 14.7 Å². The smallest absolute Gasteiger partial charge is 0.243 e. The van der Waals surface area contributed by atoms with Crippen LogP contribution in [0.25, 0.3) is 11.1 Å². The van der Waals surface area contributed by atoms with Gasteiger partial charge in [0.05, 0.1) is 18.8 Å². The van der Waals surface area contributed by atoms with Crippen molar-refractivity contribution < 1.29 is 29.4 Å². The molecule has 1 heterocycles. The Labute approximate surface area is 267 Å². The number of nitrogens with one attached hydrogen (secondary N) is 2. The standard InChI is InChI=1S/C36H38N2O6S/c39-23-25-12-14-28(15-13-25)33-21-31(24-45-32-8-2-1-3-9-32)43-36(44-33)29-18-16-27(17-19-29)30-7-4-6-26(20-30)22-37-34(40)10-5-11-35(41)38-42/h1-4,6-9,12-20,31,33,36,39,42H,5,10-11,21-24H2,(H,37,40)(H,38,41)/t31-,33+,36+/m0/s1. The normalized spacial score (nSPS) is 17.9. The fourth-order valence-electron chi connectivity index (χ4n) is 5.18. The molecular weight excluding hydrogens is 588 g/mol. The van der Waals surface area contributed by atoms with Gasteiger partial charge in [-0.3, -0.25) is 14.8 Å². The summed E-state index contributed by atoms with van der Waals surface area (Å²) in [5, 5.41) is 20.9. The molecule has 4 aromatic rings. The second kappa shape index (κ2) is 16.4. The van der Waals surface area contributed by atoms with Crippen LogP contribution in [-0.4, -0.2) is 34.0 Å². The highest BCUT2D eigenvalue weighted by atomic mass is 32.2. The highest BCUT2D eigenvalue weighted by Gasteiger charge is 2.32. The first-order valence-corrected chi connectivity index (χ1v) is 16.1. The lowest BCUT2D eigenvalue weighted by Gasteiger charge is -2.36. The number of carbonyl (C=O) groups is 2. The predicted octanol–water partition coefficient (Wildman–Crippen LogP) is 6.48. The molecular formula is C36H38N2O6S. The van der Waals surface area contributed by atoms with Crippen molar-refractivity contribution in [3.05, 3.63) is 125 Å². The molecule has 4 N–H and O–H groups in total. The number of aliphatic hydroxyl groups is 1. The molecule has 0 bridgehead atoms. The summed E-state index contributed by atoms with van der Waals surface area (Å²) < 4.78 is 13.0. The molecule has 1 fully saturated rings. The lowest BCUT2D eigenvalue weighted by atomic mass is 9.99. The van der Waals surface area contributed by atoms with Gasteiger partial charge in [0.1, 0.15) is 0 Å². The van der Waals surface area contributed by atoms with Crippen LogP contribution in [-0.2, 0) is 32.2 Å². The molecule has 3 atom stereocenters. The quantitative estimate of drug-likeness (QED) is 0.0763. The highest BCUT2D eigenvalue weighted by Crippen LogP contribution is 2.40. The van der Waals surface area contributed by atoms with E-state index in [0.717, 1.165) is 45.6 Å². The summed E-state index contributed by atoms with van der Waals surface area (Å²) in [7, 11) is 0. The van der Waals surface area contributed by atoms with Crippen LogP contribution in [0.5, 0.6) is 0 Å². The van der Waals surface area contributed by atoms with Crippen molar-refractivity contribution in [2.24, 2.45) is 0 Å². The van der Waals surface area contributed by atoms with Crippen LogP contribution >= 0.6 is 11.8 Å². The van der Waals surface area contributed by atoms with Crippen molar-refractivity contribution in [3.8, 4) is 11.1 Å². The summed E-state index contributed by atoms with van der Waals surface area (Å²) in [6, 6.07) is 34.4. The van der Waals surface area contributed by atoms with Gasteiger partial charge in [-0.2, -0.15) is 0 Å². The number of benzene rings is 4. The maximum absolute atomic E-state index is 12.2. The Kier molecular flexibility index (Phi) is 11.8. The third-order valence-electron chi connectivity index (χ3n) is 7.66.